The fraction of sp³-hybridized carbons (Fsp3) is 0.333. The molecule has 0 aromatic carbocycles. The van der Waals surface area contributed by atoms with Gasteiger partial charge in [-0.05, 0) is 13.0 Å². The highest BCUT2D eigenvalue weighted by atomic mass is 16.5. The largest absolute Gasteiger partial charge is 0.509 e. The zero-order chi connectivity index (χ0) is 9.84. The molecular formula is C9H10O4. The van der Waals surface area contributed by atoms with Crippen LogP contribution in [0.3, 0.4) is 0 Å². The minimum atomic E-state index is -1.28. The van der Waals surface area contributed by atoms with E-state index in [9.17, 15) is 9.90 Å². The molecule has 13 heavy (non-hydrogen) atoms. The van der Waals surface area contributed by atoms with Crippen LogP contribution in [0.4, 0.5) is 0 Å². The molecule has 70 valence electrons. The second-order valence-corrected chi connectivity index (χ2v) is 2.51. The average Bonchev–Trinajstić information content (AvgIpc) is 2.11. The minimum Gasteiger partial charge on any atom is -0.509 e. The first kappa shape index (κ1) is 9.58. The molecule has 0 aliphatic heterocycles. The Morgan fingerprint density at radius 2 is 2.31 bits per heavy atom. The summed E-state index contributed by atoms with van der Waals surface area (Å²) in [5.74, 6) is 1.58. The second-order valence-electron chi connectivity index (χ2n) is 2.51. The van der Waals surface area contributed by atoms with Gasteiger partial charge in [-0.3, -0.25) is 0 Å². The van der Waals surface area contributed by atoms with Gasteiger partial charge in [0.2, 0.25) is 0 Å². The lowest BCUT2D eigenvalue weighted by atomic mass is 10.0. The summed E-state index contributed by atoms with van der Waals surface area (Å²) < 4.78 is 5.05. The molecule has 1 aliphatic carbocycles. The summed E-state index contributed by atoms with van der Waals surface area (Å²) in [5.41, 5.74) is -0.0246. The summed E-state index contributed by atoms with van der Waals surface area (Å²) in [6.07, 6.45) is 1.34. The number of hydrogen-bond donors (Lipinski definition) is 2. The van der Waals surface area contributed by atoms with Gasteiger partial charge in [0.15, 0.2) is 0 Å². The molecule has 1 rings (SSSR count). The SMILES string of the molecule is CCOC1=CC(=C=O)C(O)C(O)=C1. The number of aliphatic hydroxyl groups is 2. The summed E-state index contributed by atoms with van der Waals surface area (Å²) in [6.45, 7) is 2.21. The molecule has 0 aromatic rings. The molecule has 0 saturated heterocycles. The number of carbonyl (C=O) groups excluding carboxylic acids is 1. The molecule has 0 aromatic heterocycles. The summed E-state index contributed by atoms with van der Waals surface area (Å²) in [6, 6.07) is 0. The van der Waals surface area contributed by atoms with Gasteiger partial charge in [-0.1, -0.05) is 0 Å². The predicted molar refractivity (Wildman–Crippen MR) is 45.6 cm³/mol. The normalized spacial score (nSPS) is 21.7. The van der Waals surface area contributed by atoms with Crippen LogP contribution in [0.25, 0.3) is 0 Å². The molecule has 1 atom stereocenters. The van der Waals surface area contributed by atoms with Crippen LogP contribution in [0, 0.1) is 0 Å². The van der Waals surface area contributed by atoms with E-state index in [1.165, 1.54) is 18.1 Å². The lowest BCUT2D eigenvalue weighted by molar-refractivity contribution is 0.175. The van der Waals surface area contributed by atoms with Crippen molar-refractivity contribution in [3.63, 3.8) is 0 Å². The van der Waals surface area contributed by atoms with E-state index < -0.39 is 6.10 Å². The first-order valence-corrected chi connectivity index (χ1v) is 3.87. The zero-order valence-corrected chi connectivity index (χ0v) is 7.15. The van der Waals surface area contributed by atoms with E-state index in [0.29, 0.717) is 12.4 Å². The Morgan fingerprint density at radius 1 is 1.62 bits per heavy atom. The van der Waals surface area contributed by atoms with E-state index >= 15 is 0 Å². The van der Waals surface area contributed by atoms with E-state index in [-0.39, 0.29) is 11.3 Å². The van der Waals surface area contributed by atoms with Crippen molar-refractivity contribution in [3.05, 3.63) is 29.2 Å². The van der Waals surface area contributed by atoms with E-state index in [4.69, 9.17) is 9.84 Å². The molecule has 1 aliphatic rings. The van der Waals surface area contributed by atoms with Gasteiger partial charge in [0.05, 0.1) is 12.2 Å². The molecule has 0 amide bonds. The van der Waals surface area contributed by atoms with E-state index in [2.05, 4.69) is 0 Å². The number of aliphatic hydroxyl groups excluding tert-OH is 2. The van der Waals surface area contributed by atoms with Gasteiger partial charge in [-0.15, -0.1) is 0 Å². The molecule has 4 heteroatoms. The van der Waals surface area contributed by atoms with E-state index in [0.717, 1.165) is 0 Å². The van der Waals surface area contributed by atoms with Crippen molar-refractivity contribution in [3.8, 4) is 0 Å². The highest BCUT2D eigenvalue weighted by Crippen LogP contribution is 2.19. The van der Waals surface area contributed by atoms with Crippen molar-refractivity contribution in [1.82, 2.24) is 0 Å². The standard InChI is InChI=1S/C9H10O4/c1-2-13-7-3-6(5-10)9(12)8(11)4-7/h3-4,9,11-12H,2H2,1H3. The first-order valence-electron chi connectivity index (χ1n) is 3.87. The maximum Gasteiger partial charge on any atom is 0.146 e. The minimum absolute atomic E-state index is 0.0246. The van der Waals surface area contributed by atoms with Gasteiger partial charge >= 0.3 is 0 Å². The fourth-order valence-electron chi connectivity index (χ4n) is 0.993. The quantitative estimate of drug-likeness (QED) is 0.609. The second kappa shape index (κ2) is 3.94. The molecule has 0 radical (unpaired) electrons. The molecule has 0 heterocycles. The van der Waals surface area contributed by atoms with Gasteiger partial charge < -0.3 is 14.9 Å². The van der Waals surface area contributed by atoms with Crippen LogP contribution in [0.1, 0.15) is 6.92 Å². The smallest absolute Gasteiger partial charge is 0.146 e. The molecule has 4 nitrogen and oxygen atoms in total. The van der Waals surface area contributed by atoms with Gasteiger partial charge in [-0.2, -0.15) is 0 Å². The Labute approximate surface area is 75.4 Å². The predicted octanol–water partition coefficient (Wildman–Crippen LogP) is 0.481. The van der Waals surface area contributed by atoms with Gasteiger partial charge in [0, 0.05) is 6.08 Å². The Morgan fingerprint density at radius 3 is 2.85 bits per heavy atom. The Balaban J connectivity index is 2.96. The third kappa shape index (κ3) is 1.99. The van der Waals surface area contributed by atoms with Crippen molar-refractivity contribution in [1.29, 1.82) is 0 Å². The Bertz CT molecular complexity index is 308. The first-order chi connectivity index (χ1) is 6.19. The molecule has 0 bridgehead atoms. The molecule has 2 N–H and O–H groups in total. The number of ether oxygens (including phenoxy) is 1. The fourth-order valence-corrected chi connectivity index (χ4v) is 0.993. The number of hydrogen-bond acceptors (Lipinski definition) is 4. The molecule has 1 unspecified atom stereocenters. The van der Waals surface area contributed by atoms with Crippen molar-refractivity contribution in [2.24, 2.45) is 0 Å². The van der Waals surface area contributed by atoms with Crippen LogP contribution in [0.5, 0.6) is 0 Å². The number of rotatable bonds is 2. The van der Waals surface area contributed by atoms with Crippen molar-refractivity contribution < 1.29 is 19.7 Å². The topological polar surface area (TPSA) is 66.8 Å². The zero-order valence-electron chi connectivity index (χ0n) is 7.15. The van der Waals surface area contributed by atoms with Crippen LogP contribution in [0.2, 0.25) is 0 Å². The molecule has 0 spiro atoms. The molecule has 0 fully saturated rings. The Kier molecular flexibility index (Phi) is 2.90. The third-order valence-corrected chi connectivity index (χ3v) is 1.59. The summed E-state index contributed by atoms with van der Waals surface area (Å²) >= 11 is 0. The lowest BCUT2D eigenvalue weighted by Gasteiger charge is -2.15. The lowest BCUT2D eigenvalue weighted by Crippen LogP contribution is -2.17. The van der Waals surface area contributed by atoms with Crippen LogP contribution < -0.4 is 0 Å². The van der Waals surface area contributed by atoms with Crippen molar-refractivity contribution in [2.75, 3.05) is 6.61 Å². The highest BCUT2D eigenvalue weighted by molar-refractivity contribution is 5.62. The van der Waals surface area contributed by atoms with Gasteiger partial charge in [-0.25, -0.2) is 4.79 Å². The van der Waals surface area contributed by atoms with Crippen molar-refractivity contribution in [2.45, 2.75) is 13.0 Å². The van der Waals surface area contributed by atoms with Crippen LogP contribution in [-0.4, -0.2) is 28.9 Å². The third-order valence-electron chi connectivity index (χ3n) is 1.59. The van der Waals surface area contributed by atoms with Crippen LogP contribution >= 0.6 is 0 Å². The maximum absolute atomic E-state index is 10.3. The average molecular weight is 182 g/mol. The molecule has 0 saturated carbocycles. The summed E-state index contributed by atoms with van der Waals surface area (Å²) in [5, 5.41) is 18.4. The van der Waals surface area contributed by atoms with Gasteiger partial charge in [0.25, 0.3) is 0 Å². The highest BCUT2D eigenvalue weighted by Gasteiger charge is 2.20. The Hall–Kier alpha value is -1.51. The summed E-state index contributed by atoms with van der Waals surface area (Å²) in [4.78, 5) is 10.3. The van der Waals surface area contributed by atoms with Crippen LogP contribution in [0.15, 0.2) is 29.2 Å². The molecular weight excluding hydrogens is 172 g/mol. The van der Waals surface area contributed by atoms with Gasteiger partial charge in [0.1, 0.15) is 23.6 Å². The van der Waals surface area contributed by atoms with Crippen molar-refractivity contribution >= 4 is 5.94 Å². The maximum atomic E-state index is 10.3. The van der Waals surface area contributed by atoms with Crippen LogP contribution in [-0.2, 0) is 9.53 Å². The monoisotopic (exact) mass is 182 g/mol. The van der Waals surface area contributed by atoms with E-state index in [1.54, 1.807) is 6.92 Å². The number of allylic oxidation sites excluding steroid dienone is 1. The summed E-state index contributed by atoms with van der Waals surface area (Å²) in [7, 11) is 0. The van der Waals surface area contributed by atoms with E-state index in [1.807, 2.05) is 0 Å².